The van der Waals surface area contributed by atoms with Crippen LogP contribution in [-0.4, -0.2) is 105 Å². The lowest BCUT2D eigenvalue weighted by Crippen LogP contribution is -2.60. The molecule has 0 aromatic carbocycles. The molecule has 0 aliphatic carbocycles. The monoisotopic (exact) mass is 338 g/mol. The molecule has 0 bridgehead atoms. The van der Waals surface area contributed by atoms with Crippen LogP contribution in [0, 0.1) is 0 Å². The quantitative estimate of drug-likeness (QED) is 0.208. The Morgan fingerprint density at radius 3 is 2.30 bits per heavy atom. The highest BCUT2D eigenvalue weighted by Gasteiger charge is 2.52. The van der Waals surface area contributed by atoms with Crippen molar-refractivity contribution in [2.24, 2.45) is 0 Å². The van der Waals surface area contributed by atoms with Crippen LogP contribution in [0.15, 0.2) is 0 Å². The third-order valence-electron chi connectivity index (χ3n) is 3.65. The van der Waals surface area contributed by atoms with Gasteiger partial charge in [0, 0.05) is 0 Å². The van der Waals surface area contributed by atoms with Crippen LogP contribution in [0.3, 0.4) is 0 Å². The maximum atomic E-state index is 12.0. The number of aliphatic hydroxyl groups excluding tert-OH is 6. The van der Waals surface area contributed by atoms with Crippen molar-refractivity contribution in [1.29, 1.82) is 0 Å². The topological polar surface area (TPSA) is 183 Å². The first kappa shape index (κ1) is 18.2. The highest BCUT2D eigenvalue weighted by molar-refractivity contribution is 6.09. The summed E-state index contributed by atoms with van der Waals surface area (Å²) < 4.78 is 14.6. The van der Waals surface area contributed by atoms with Crippen LogP contribution in [0.1, 0.15) is 0 Å². The van der Waals surface area contributed by atoms with E-state index >= 15 is 0 Å². The van der Waals surface area contributed by atoms with Gasteiger partial charge in [-0.3, -0.25) is 4.79 Å². The molecule has 0 aromatic heterocycles. The standard InChI is InChI=1S/C12H18O11/c13-1-3(15)9-8(19)10(11(20)22-9)23-12-7(18)6(17)5(16)4(2-14)21-12/h3-7,9-10,12-18H,1-2H2/t3-,4+,5+,6-,7+,9+,10?,12-/m0/s1. The molecule has 0 amide bonds. The maximum Gasteiger partial charge on any atom is 0.344 e. The van der Waals surface area contributed by atoms with Crippen molar-refractivity contribution in [3.8, 4) is 0 Å². The number of carbonyl (C=O) groups excluding carboxylic acids is 2. The van der Waals surface area contributed by atoms with Crippen molar-refractivity contribution < 1.29 is 54.4 Å². The van der Waals surface area contributed by atoms with Crippen molar-refractivity contribution in [3.05, 3.63) is 0 Å². The first-order valence-corrected chi connectivity index (χ1v) is 6.81. The van der Waals surface area contributed by atoms with Gasteiger partial charge in [0.1, 0.15) is 30.5 Å². The second-order valence-electron chi connectivity index (χ2n) is 5.22. The zero-order valence-electron chi connectivity index (χ0n) is 11.8. The van der Waals surface area contributed by atoms with E-state index in [1.54, 1.807) is 0 Å². The van der Waals surface area contributed by atoms with Crippen LogP contribution in [0.4, 0.5) is 0 Å². The summed E-state index contributed by atoms with van der Waals surface area (Å²) in [6.07, 6.45) is -13.2. The minimum atomic E-state index is -1.84. The Morgan fingerprint density at radius 2 is 1.74 bits per heavy atom. The van der Waals surface area contributed by atoms with E-state index in [1.165, 1.54) is 0 Å². The van der Waals surface area contributed by atoms with E-state index in [9.17, 15) is 30.0 Å². The molecule has 2 fully saturated rings. The highest BCUT2D eigenvalue weighted by atomic mass is 16.7. The van der Waals surface area contributed by atoms with Crippen LogP contribution in [0.5, 0.6) is 0 Å². The Labute approximate surface area is 129 Å². The lowest BCUT2D eigenvalue weighted by molar-refractivity contribution is -0.305. The van der Waals surface area contributed by atoms with E-state index in [0.717, 1.165) is 0 Å². The zero-order chi connectivity index (χ0) is 17.3. The maximum absolute atomic E-state index is 12.0. The minimum Gasteiger partial charge on any atom is -0.449 e. The fourth-order valence-corrected chi connectivity index (χ4v) is 2.31. The van der Waals surface area contributed by atoms with E-state index in [4.69, 9.17) is 19.7 Å². The second-order valence-corrected chi connectivity index (χ2v) is 5.22. The molecule has 0 saturated carbocycles. The summed E-state index contributed by atoms with van der Waals surface area (Å²) in [5.74, 6) is -2.15. The molecule has 2 aliphatic rings. The lowest BCUT2D eigenvalue weighted by atomic mass is 9.99. The van der Waals surface area contributed by atoms with Crippen molar-refractivity contribution in [2.75, 3.05) is 13.2 Å². The van der Waals surface area contributed by atoms with Gasteiger partial charge in [-0.15, -0.1) is 0 Å². The molecule has 2 aliphatic heterocycles. The molecule has 0 aromatic rings. The van der Waals surface area contributed by atoms with Crippen molar-refractivity contribution in [1.82, 2.24) is 0 Å². The highest BCUT2D eigenvalue weighted by Crippen LogP contribution is 2.26. The van der Waals surface area contributed by atoms with Crippen LogP contribution < -0.4 is 0 Å². The Balaban J connectivity index is 2.08. The minimum absolute atomic E-state index is 0.709. The van der Waals surface area contributed by atoms with Gasteiger partial charge < -0.3 is 44.8 Å². The predicted molar refractivity (Wildman–Crippen MR) is 66.6 cm³/mol. The normalized spacial score (nSPS) is 42.6. The van der Waals surface area contributed by atoms with E-state index in [0.29, 0.717) is 0 Å². The van der Waals surface area contributed by atoms with Crippen molar-refractivity contribution in [2.45, 2.75) is 49.0 Å². The number of Topliss-reactive ketones (excluding diaryl/α,β-unsaturated/α-hetero) is 1. The fraction of sp³-hybridized carbons (Fsp3) is 0.833. The van der Waals surface area contributed by atoms with E-state index in [1.807, 2.05) is 0 Å². The summed E-state index contributed by atoms with van der Waals surface area (Å²) in [6, 6.07) is 0. The second kappa shape index (κ2) is 7.15. The van der Waals surface area contributed by atoms with Gasteiger partial charge in [0.25, 0.3) is 0 Å². The third-order valence-corrected chi connectivity index (χ3v) is 3.65. The molecular formula is C12H18O11. The van der Waals surface area contributed by atoms with Gasteiger partial charge in [0.15, 0.2) is 12.4 Å². The Hall–Kier alpha value is -1.18. The summed E-state index contributed by atoms with van der Waals surface area (Å²) in [5.41, 5.74) is 0. The number of ether oxygens (including phenoxy) is 3. The van der Waals surface area contributed by atoms with E-state index in [2.05, 4.69) is 4.74 Å². The third kappa shape index (κ3) is 3.36. The summed E-state index contributed by atoms with van der Waals surface area (Å²) in [5, 5.41) is 56.2. The lowest BCUT2D eigenvalue weighted by Gasteiger charge is -2.39. The van der Waals surface area contributed by atoms with Gasteiger partial charge in [0.05, 0.1) is 13.2 Å². The largest absolute Gasteiger partial charge is 0.449 e. The number of carbonyl (C=O) groups is 2. The first-order valence-electron chi connectivity index (χ1n) is 6.81. The Bertz CT molecular complexity index is 452. The van der Waals surface area contributed by atoms with Crippen LogP contribution in [0.2, 0.25) is 0 Å². The predicted octanol–water partition coefficient (Wildman–Crippen LogP) is -4.98. The smallest absolute Gasteiger partial charge is 0.344 e. The average Bonchev–Trinajstić information content (AvgIpc) is 2.82. The Kier molecular flexibility index (Phi) is 5.65. The number of ketones is 1. The van der Waals surface area contributed by atoms with Gasteiger partial charge >= 0.3 is 5.97 Å². The molecule has 11 nitrogen and oxygen atoms in total. The molecular weight excluding hydrogens is 320 g/mol. The number of hydrogen-bond donors (Lipinski definition) is 6. The molecule has 6 N–H and O–H groups in total. The molecule has 2 saturated heterocycles. The van der Waals surface area contributed by atoms with Crippen LogP contribution in [0.25, 0.3) is 0 Å². The van der Waals surface area contributed by atoms with Crippen LogP contribution >= 0.6 is 0 Å². The van der Waals surface area contributed by atoms with Gasteiger partial charge in [-0.1, -0.05) is 0 Å². The number of esters is 1. The molecule has 0 radical (unpaired) electrons. The molecule has 23 heavy (non-hydrogen) atoms. The summed E-state index contributed by atoms with van der Waals surface area (Å²) >= 11 is 0. The van der Waals surface area contributed by atoms with E-state index < -0.39 is 74.0 Å². The number of aliphatic hydroxyl groups is 6. The fourth-order valence-electron chi connectivity index (χ4n) is 2.31. The zero-order valence-corrected chi connectivity index (χ0v) is 11.8. The van der Waals surface area contributed by atoms with E-state index in [-0.39, 0.29) is 0 Å². The molecule has 1 unspecified atom stereocenters. The molecule has 0 spiro atoms. The van der Waals surface area contributed by atoms with Crippen LogP contribution in [-0.2, 0) is 23.8 Å². The van der Waals surface area contributed by atoms with Crippen molar-refractivity contribution in [3.63, 3.8) is 0 Å². The van der Waals surface area contributed by atoms with Gasteiger partial charge in [-0.2, -0.15) is 0 Å². The molecule has 2 heterocycles. The Morgan fingerprint density at radius 1 is 1.09 bits per heavy atom. The molecule has 2 rings (SSSR count). The number of cyclic esters (lactones) is 1. The van der Waals surface area contributed by atoms with Gasteiger partial charge in [0.2, 0.25) is 11.9 Å². The summed E-state index contributed by atoms with van der Waals surface area (Å²) in [7, 11) is 0. The van der Waals surface area contributed by atoms with Crippen molar-refractivity contribution >= 4 is 11.8 Å². The molecule has 8 atom stereocenters. The number of rotatable bonds is 5. The molecule has 132 valence electrons. The molecule has 11 heteroatoms. The first-order chi connectivity index (χ1) is 10.8. The SMILES string of the molecule is O=C1O[C@H]([C@@H](O)CO)C(=O)C1O[C@@H]1O[C@H](CO)[C@@H](O)[C@H](O)[C@H]1O. The van der Waals surface area contributed by atoms with Gasteiger partial charge in [-0.25, -0.2) is 4.79 Å². The average molecular weight is 338 g/mol. The summed E-state index contributed by atoms with van der Waals surface area (Å²) in [4.78, 5) is 23.6. The number of hydrogen-bond acceptors (Lipinski definition) is 11. The van der Waals surface area contributed by atoms with Gasteiger partial charge in [-0.05, 0) is 0 Å². The summed E-state index contributed by atoms with van der Waals surface area (Å²) in [6.45, 7) is -1.53.